The molecule has 1 aliphatic rings. The molecule has 0 saturated carbocycles. The Morgan fingerprint density at radius 1 is 1.08 bits per heavy atom. The SMILES string of the molecule is Cc1ccc(CN(C)C(=O)C=Cc2ccc(N3CCCCCC3)cc2)o1. The summed E-state index contributed by atoms with van der Waals surface area (Å²) in [5, 5.41) is 0. The van der Waals surface area contributed by atoms with Crippen LogP contribution in [0.1, 0.15) is 42.8 Å². The van der Waals surface area contributed by atoms with Crippen LogP contribution in [0.2, 0.25) is 0 Å². The molecule has 138 valence electrons. The number of amides is 1. The van der Waals surface area contributed by atoms with Gasteiger partial charge in [-0.2, -0.15) is 0 Å². The van der Waals surface area contributed by atoms with Crippen LogP contribution < -0.4 is 4.90 Å². The second-order valence-corrected chi connectivity index (χ2v) is 7.03. The van der Waals surface area contributed by atoms with E-state index in [9.17, 15) is 4.79 Å². The standard InChI is InChI=1S/C22H28N2O2/c1-18-7-13-21(26-18)17-23(2)22(25)14-10-19-8-11-20(12-9-19)24-15-5-3-4-6-16-24/h7-14H,3-6,15-17H2,1-2H3. The highest BCUT2D eigenvalue weighted by Crippen LogP contribution is 2.20. The van der Waals surface area contributed by atoms with E-state index in [-0.39, 0.29) is 5.91 Å². The van der Waals surface area contributed by atoms with Gasteiger partial charge in [-0.25, -0.2) is 0 Å². The highest BCUT2D eigenvalue weighted by atomic mass is 16.3. The van der Waals surface area contributed by atoms with E-state index < -0.39 is 0 Å². The van der Waals surface area contributed by atoms with Crippen molar-refractivity contribution in [3.05, 3.63) is 59.6 Å². The summed E-state index contributed by atoms with van der Waals surface area (Å²) in [6, 6.07) is 12.3. The first-order chi connectivity index (χ1) is 12.6. The lowest BCUT2D eigenvalue weighted by Gasteiger charge is -2.22. The molecule has 1 aromatic carbocycles. The van der Waals surface area contributed by atoms with E-state index in [1.54, 1.807) is 18.0 Å². The largest absolute Gasteiger partial charge is 0.464 e. The van der Waals surface area contributed by atoms with Crippen molar-refractivity contribution in [1.82, 2.24) is 4.90 Å². The third-order valence-electron chi connectivity index (χ3n) is 4.85. The fraction of sp³-hybridized carbons (Fsp3) is 0.409. The number of hydrogen-bond acceptors (Lipinski definition) is 3. The van der Waals surface area contributed by atoms with Gasteiger partial charge in [-0.1, -0.05) is 25.0 Å². The molecule has 1 saturated heterocycles. The van der Waals surface area contributed by atoms with E-state index in [0.29, 0.717) is 6.54 Å². The summed E-state index contributed by atoms with van der Waals surface area (Å²) >= 11 is 0. The molecule has 3 rings (SSSR count). The molecular formula is C22H28N2O2. The molecule has 1 aromatic heterocycles. The average Bonchev–Trinajstić information content (AvgIpc) is 2.89. The maximum Gasteiger partial charge on any atom is 0.246 e. The third-order valence-corrected chi connectivity index (χ3v) is 4.85. The van der Waals surface area contributed by atoms with Crippen LogP contribution in [0.15, 0.2) is 46.9 Å². The van der Waals surface area contributed by atoms with Gasteiger partial charge in [-0.05, 0) is 55.7 Å². The molecule has 4 nitrogen and oxygen atoms in total. The lowest BCUT2D eigenvalue weighted by atomic mass is 10.1. The van der Waals surface area contributed by atoms with Gasteiger partial charge in [-0.15, -0.1) is 0 Å². The van der Waals surface area contributed by atoms with Gasteiger partial charge in [-0.3, -0.25) is 4.79 Å². The molecule has 0 atom stereocenters. The number of aryl methyl sites for hydroxylation is 1. The minimum atomic E-state index is -0.0318. The quantitative estimate of drug-likeness (QED) is 0.736. The van der Waals surface area contributed by atoms with Gasteiger partial charge in [0.05, 0.1) is 6.54 Å². The van der Waals surface area contributed by atoms with Crippen LogP contribution in [-0.4, -0.2) is 30.9 Å². The Balaban J connectivity index is 1.56. The van der Waals surface area contributed by atoms with Crippen molar-refractivity contribution in [3.63, 3.8) is 0 Å². The number of carbonyl (C=O) groups is 1. The Labute approximate surface area is 156 Å². The number of likely N-dealkylation sites (N-methyl/N-ethyl adjacent to an activating group) is 1. The number of hydrogen-bond donors (Lipinski definition) is 0. The summed E-state index contributed by atoms with van der Waals surface area (Å²) in [4.78, 5) is 16.4. The van der Waals surface area contributed by atoms with Crippen LogP contribution in [0.5, 0.6) is 0 Å². The Bertz CT molecular complexity index is 738. The predicted molar refractivity (Wildman–Crippen MR) is 106 cm³/mol. The predicted octanol–water partition coefficient (Wildman–Crippen LogP) is 4.64. The van der Waals surface area contributed by atoms with E-state index in [4.69, 9.17) is 4.42 Å². The Kier molecular flexibility index (Phi) is 6.16. The number of benzene rings is 1. The number of furan rings is 1. The molecule has 0 bridgehead atoms. The van der Waals surface area contributed by atoms with Gasteiger partial charge in [0.15, 0.2) is 0 Å². The van der Waals surface area contributed by atoms with Crippen LogP contribution in [-0.2, 0) is 11.3 Å². The summed E-state index contributed by atoms with van der Waals surface area (Å²) in [5.74, 6) is 1.63. The lowest BCUT2D eigenvalue weighted by Crippen LogP contribution is -2.24. The van der Waals surface area contributed by atoms with Crippen molar-refractivity contribution in [1.29, 1.82) is 0 Å². The minimum Gasteiger partial charge on any atom is -0.464 e. The zero-order valence-electron chi connectivity index (χ0n) is 15.8. The maximum absolute atomic E-state index is 12.3. The molecule has 0 unspecified atom stereocenters. The first-order valence-corrected chi connectivity index (χ1v) is 9.45. The number of rotatable bonds is 5. The normalized spacial score (nSPS) is 15.2. The Morgan fingerprint density at radius 2 is 1.77 bits per heavy atom. The zero-order chi connectivity index (χ0) is 18.4. The molecule has 1 aliphatic heterocycles. The van der Waals surface area contributed by atoms with Crippen molar-refractivity contribution in [2.45, 2.75) is 39.2 Å². The molecule has 0 N–H and O–H groups in total. The first kappa shape index (κ1) is 18.3. The van der Waals surface area contributed by atoms with E-state index in [1.807, 2.05) is 25.1 Å². The van der Waals surface area contributed by atoms with Crippen molar-refractivity contribution >= 4 is 17.7 Å². The molecule has 0 spiro atoms. The van der Waals surface area contributed by atoms with E-state index >= 15 is 0 Å². The molecule has 1 fully saturated rings. The molecule has 0 aliphatic carbocycles. The summed E-state index contributed by atoms with van der Waals surface area (Å²) in [6.45, 7) is 4.67. The summed E-state index contributed by atoms with van der Waals surface area (Å²) in [5.41, 5.74) is 2.32. The maximum atomic E-state index is 12.3. The smallest absolute Gasteiger partial charge is 0.246 e. The molecule has 0 radical (unpaired) electrons. The molecule has 4 heteroatoms. The first-order valence-electron chi connectivity index (χ1n) is 9.45. The topological polar surface area (TPSA) is 36.7 Å². The van der Waals surface area contributed by atoms with Crippen LogP contribution in [0.4, 0.5) is 5.69 Å². The Morgan fingerprint density at radius 3 is 2.38 bits per heavy atom. The van der Waals surface area contributed by atoms with Crippen LogP contribution in [0, 0.1) is 6.92 Å². The molecule has 26 heavy (non-hydrogen) atoms. The van der Waals surface area contributed by atoms with Crippen LogP contribution in [0.3, 0.4) is 0 Å². The Hall–Kier alpha value is -2.49. The van der Waals surface area contributed by atoms with Gasteiger partial charge in [0.1, 0.15) is 11.5 Å². The van der Waals surface area contributed by atoms with Gasteiger partial charge >= 0.3 is 0 Å². The van der Waals surface area contributed by atoms with E-state index in [1.165, 1.54) is 31.4 Å². The second-order valence-electron chi connectivity index (χ2n) is 7.03. The summed E-state index contributed by atoms with van der Waals surface area (Å²) in [7, 11) is 1.78. The molecular weight excluding hydrogens is 324 g/mol. The zero-order valence-corrected chi connectivity index (χ0v) is 15.8. The third kappa shape index (κ3) is 5.01. The monoisotopic (exact) mass is 352 g/mol. The van der Waals surface area contributed by atoms with Crippen molar-refractivity contribution in [2.24, 2.45) is 0 Å². The molecule has 2 heterocycles. The molecule has 1 amide bonds. The fourth-order valence-electron chi connectivity index (χ4n) is 3.30. The number of carbonyl (C=O) groups excluding carboxylic acids is 1. The summed E-state index contributed by atoms with van der Waals surface area (Å²) < 4.78 is 5.52. The second kappa shape index (κ2) is 8.75. The minimum absolute atomic E-state index is 0.0318. The average molecular weight is 352 g/mol. The number of anilines is 1. The van der Waals surface area contributed by atoms with Gasteiger partial charge < -0.3 is 14.2 Å². The highest BCUT2D eigenvalue weighted by Gasteiger charge is 2.10. The lowest BCUT2D eigenvalue weighted by molar-refractivity contribution is -0.125. The number of nitrogens with zero attached hydrogens (tertiary/aromatic N) is 2. The van der Waals surface area contributed by atoms with Crippen LogP contribution >= 0.6 is 0 Å². The van der Waals surface area contributed by atoms with Gasteiger partial charge in [0.2, 0.25) is 5.91 Å². The van der Waals surface area contributed by atoms with Gasteiger partial charge in [0, 0.05) is 31.9 Å². The molecule has 2 aromatic rings. The fourth-order valence-corrected chi connectivity index (χ4v) is 3.30. The van der Waals surface area contributed by atoms with E-state index in [0.717, 1.165) is 30.2 Å². The van der Waals surface area contributed by atoms with Crippen LogP contribution in [0.25, 0.3) is 6.08 Å². The highest BCUT2D eigenvalue weighted by molar-refractivity contribution is 5.91. The van der Waals surface area contributed by atoms with Crippen molar-refractivity contribution in [2.75, 3.05) is 25.0 Å². The van der Waals surface area contributed by atoms with Gasteiger partial charge in [0.25, 0.3) is 0 Å². The summed E-state index contributed by atoms with van der Waals surface area (Å²) in [6.07, 6.45) is 8.72. The van der Waals surface area contributed by atoms with Crippen molar-refractivity contribution < 1.29 is 9.21 Å². The van der Waals surface area contributed by atoms with E-state index in [2.05, 4.69) is 29.2 Å². The van der Waals surface area contributed by atoms with Crippen molar-refractivity contribution in [3.8, 4) is 0 Å².